The quantitative estimate of drug-likeness (QED) is 0.753. The fourth-order valence-corrected chi connectivity index (χ4v) is 3.97. The Morgan fingerprint density at radius 3 is 2.53 bits per heavy atom. The van der Waals surface area contributed by atoms with Gasteiger partial charge in [-0.2, -0.15) is 0 Å². The van der Waals surface area contributed by atoms with Crippen molar-refractivity contribution in [1.82, 2.24) is 4.90 Å². The fraction of sp³-hybridized carbons (Fsp3) is 1.00. The summed E-state index contributed by atoms with van der Waals surface area (Å²) in [6.45, 7) is 2.24. The molecule has 2 aliphatic carbocycles. The Morgan fingerprint density at radius 2 is 1.93 bits per heavy atom. The highest BCUT2D eigenvalue weighted by Crippen LogP contribution is 2.39. The van der Waals surface area contributed by atoms with Crippen molar-refractivity contribution in [3.8, 4) is 0 Å². The molecule has 1 aliphatic heterocycles. The van der Waals surface area contributed by atoms with Crippen LogP contribution in [0.25, 0.3) is 0 Å². The van der Waals surface area contributed by atoms with E-state index in [4.69, 9.17) is 0 Å². The zero-order chi connectivity index (χ0) is 10.3. The van der Waals surface area contributed by atoms with Crippen LogP contribution in [0.15, 0.2) is 0 Å². The minimum Gasteiger partial charge on any atom is -0.389 e. The minimum atomic E-state index is -0.331. The smallest absolute Gasteiger partial charge is 0.0774 e. The molecule has 2 atom stereocenters. The van der Waals surface area contributed by atoms with Crippen LogP contribution < -0.4 is 0 Å². The highest BCUT2D eigenvalue weighted by Gasteiger charge is 2.41. The zero-order valence-electron chi connectivity index (χ0n) is 9.62. The van der Waals surface area contributed by atoms with Crippen molar-refractivity contribution in [2.45, 2.75) is 63.0 Å². The summed E-state index contributed by atoms with van der Waals surface area (Å²) in [5.74, 6) is 0.960. The first-order chi connectivity index (χ1) is 7.25. The Balaban J connectivity index is 1.60. The Morgan fingerprint density at radius 1 is 1.13 bits per heavy atom. The van der Waals surface area contributed by atoms with E-state index in [1.165, 1.54) is 45.1 Å². The van der Waals surface area contributed by atoms with Crippen LogP contribution >= 0.6 is 0 Å². The van der Waals surface area contributed by atoms with Gasteiger partial charge in [0.2, 0.25) is 0 Å². The maximum absolute atomic E-state index is 10.5. The van der Waals surface area contributed by atoms with Gasteiger partial charge in [-0.15, -0.1) is 0 Å². The van der Waals surface area contributed by atoms with Crippen LogP contribution in [0.2, 0.25) is 0 Å². The van der Waals surface area contributed by atoms with E-state index in [-0.39, 0.29) is 5.60 Å². The first-order valence-corrected chi connectivity index (χ1v) is 6.72. The van der Waals surface area contributed by atoms with Gasteiger partial charge in [0, 0.05) is 19.1 Å². The van der Waals surface area contributed by atoms with Crippen molar-refractivity contribution in [1.29, 1.82) is 0 Å². The van der Waals surface area contributed by atoms with Gasteiger partial charge in [-0.25, -0.2) is 0 Å². The van der Waals surface area contributed by atoms with E-state index in [2.05, 4.69) is 4.90 Å². The number of rotatable bonds is 2. The van der Waals surface area contributed by atoms with E-state index in [1.54, 1.807) is 0 Å². The maximum atomic E-state index is 10.5. The molecule has 0 aromatic carbocycles. The number of fused-ring (bicyclic) bond motifs is 2. The molecule has 0 aromatic heterocycles. The summed E-state index contributed by atoms with van der Waals surface area (Å²) in [5.41, 5.74) is -0.331. The molecule has 2 nitrogen and oxygen atoms in total. The topological polar surface area (TPSA) is 23.5 Å². The van der Waals surface area contributed by atoms with E-state index in [9.17, 15) is 5.11 Å². The molecule has 0 radical (unpaired) electrons. The Kier molecular flexibility index (Phi) is 2.52. The van der Waals surface area contributed by atoms with Crippen molar-refractivity contribution in [3.05, 3.63) is 0 Å². The molecule has 3 aliphatic rings. The van der Waals surface area contributed by atoms with Crippen molar-refractivity contribution in [2.24, 2.45) is 5.92 Å². The molecule has 86 valence electrons. The van der Waals surface area contributed by atoms with Gasteiger partial charge in [0.05, 0.1) is 5.60 Å². The number of hydrogen-bond acceptors (Lipinski definition) is 2. The third kappa shape index (κ3) is 1.94. The standard InChI is InChI=1S/C13H23NO/c15-13(6-2-1-3-7-13)10-14-9-11-4-5-12(14)8-11/h11-12,15H,1-10H2. The second-order valence-electron chi connectivity index (χ2n) is 6.05. The van der Waals surface area contributed by atoms with Crippen LogP contribution in [0.5, 0.6) is 0 Å². The molecule has 1 saturated heterocycles. The maximum Gasteiger partial charge on any atom is 0.0774 e. The van der Waals surface area contributed by atoms with E-state index >= 15 is 0 Å². The van der Waals surface area contributed by atoms with Crippen molar-refractivity contribution >= 4 is 0 Å². The molecule has 0 spiro atoms. The average molecular weight is 209 g/mol. The third-order valence-electron chi connectivity index (χ3n) is 4.80. The largest absolute Gasteiger partial charge is 0.389 e. The summed E-state index contributed by atoms with van der Waals surface area (Å²) in [6.07, 6.45) is 10.1. The lowest BCUT2D eigenvalue weighted by Gasteiger charge is -2.38. The summed E-state index contributed by atoms with van der Waals surface area (Å²) in [7, 11) is 0. The SMILES string of the molecule is OC1(CN2CC3CCC2C3)CCCCC1. The number of piperidine rings is 1. The van der Waals surface area contributed by atoms with Gasteiger partial charge >= 0.3 is 0 Å². The normalized spacial score (nSPS) is 39.8. The van der Waals surface area contributed by atoms with Crippen LogP contribution in [-0.2, 0) is 0 Å². The van der Waals surface area contributed by atoms with Crippen molar-refractivity contribution in [3.63, 3.8) is 0 Å². The summed E-state index contributed by atoms with van der Waals surface area (Å²) < 4.78 is 0. The van der Waals surface area contributed by atoms with Gasteiger partial charge in [0.1, 0.15) is 0 Å². The van der Waals surface area contributed by atoms with Crippen LogP contribution in [0.1, 0.15) is 51.4 Å². The van der Waals surface area contributed by atoms with Gasteiger partial charge in [-0.3, -0.25) is 4.90 Å². The van der Waals surface area contributed by atoms with Crippen LogP contribution in [0.4, 0.5) is 0 Å². The lowest BCUT2D eigenvalue weighted by molar-refractivity contribution is -0.0325. The predicted molar refractivity (Wildman–Crippen MR) is 60.7 cm³/mol. The zero-order valence-corrected chi connectivity index (χ0v) is 9.62. The van der Waals surface area contributed by atoms with Gasteiger partial charge < -0.3 is 5.11 Å². The molecule has 15 heavy (non-hydrogen) atoms. The van der Waals surface area contributed by atoms with Gasteiger partial charge in [-0.05, 0) is 38.0 Å². The lowest BCUT2D eigenvalue weighted by atomic mass is 9.84. The monoisotopic (exact) mass is 209 g/mol. The molecule has 1 N–H and O–H groups in total. The second-order valence-corrected chi connectivity index (χ2v) is 6.05. The summed E-state index contributed by atoms with van der Waals surface area (Å²) >= 11 is 0. The van der Waals surface area contributed by atoms with E-state index in [1.807, 2.05) is 0 Å². The minimum absolute atomic E-state index is 0.331. The number of β-amino-alcohol motifs (C(OH)–C–C–N with tert-alkyl or cyclic N) is 1. The lowest BCUT2D eigenvalue weighted by Crippen LogP contribution is -2.47. The first-order valence-electron chi connectivity index (χ1n) is 6.72. The third-order valence-corrected chi connectivity index (χ3v) is 4.80. The first kappa shape index (κ1) is 10.1. The number of hydrogen-bond donors (Lipinski definition) is 1. The molecule has 2 bridgehead atoms. The van der Waals surface area contributed by atoms with E-state index in [0.717, 1.165) is 31.3 Å². The highest BCUT2D eigenvalue weighted by atomic mass is 16.3. The summed E-state index contributed by atoms with van der Waals surface area (Å²) in [4.78, 5) is 2.58. The molecule has 3 fully saturated rings. The van der Waals surface area contributed by atoms with Gasteiger partial charge in [-0.1, -0.05) is 19.3 Å². The second kappa shape index (κ2) is 3.74. The fourth-order valence-electron chi connectivity index (χ4n) is 3.97. The molecule has 2 unspecified atom stereocenters. The van der Waals surface area contributed by atoms with Crippen LogP contribution in [-0.4, -0.2) is 34.7 Å². The van der Waals surface area contributed by atoms with Crippen molar-refractivity contribution < 1.29 is 5.11 Å². The van der Waals surface area contributed by atoms with Crippen LogP contribution in [0, 0.1) is 5.92 Å². The number of likely N-dealkylation sites (tertiary alicyclic amines) is 1. The average Bonchev–Trinajstić information content (AvgIpc) is 2.79. The van der Waals surface area contributed by atoms with Gasteiger partial charge in [0.25, 0.3) is 0 Å². The van der Waals surface area contributed by atoms with Gasteiger partial charge in [0.15, 0.2) is 0 Å². The molecule has 1 heterocycles. The molecule has 3 rings (SSSR count). The Hall–Kier alpha value is -0.0800. The van der Waals surface area contributed by atoms with E-state index < -0.39 is 0 Å². The number of nitrogens with zero attached hydrogens (tertiary/aromatic N) is 1. The summed E-state index contributed by atoms with van der Waals surface area (Å²) in [5, 5.41) is 10.5. The molecular formula is C13H23NO. The van der Waals surface area contributed by atoms with Crippen molar-refractivity contribution in [2.75, 3.05) is 13.1 Å². The highest BCUT2D eigenvalue weighted by molar-refractivity contribution is 4.96. The Labute approximate surface area is 92.7 Å². The molecule has 2 heteroatoms. The molecule has 2 saturated carbocycles. The predicted octanol–water partition coefficient (Wildman–Crippen LogP) is 2.17. The molecular weight excluding hydrogens is 186 g/mol. The number of aliphatic hydroxyl groups is 1. The Bertz CT molecular complexity index is 235. The molecule has 0 aromatic rings. The summed E-state index contributed by atoms with van der Waals surface area (Å²) in [6, 6.07) is 0.820. The van der Waals surface area contributed by atoms with Crippen LogP contribution in [0.3, 0.4) is 0 Å². The molecule has 0 amide bonds. The van der Waals surface area contributed by atoms with E-state index in [0.29, 0.717) is 0 Å².